The highest BCUT2D eigenvalue weighted by atomic mass is 35.5. The van der Waals surface area contributed by atoms with E-state index in [1.54, 1.807) is 6.07 Å². The maximum absolute atomic E-state index is 10.9. The SMILES string of the molecule is N#CC(=Cc1cc(Cl)c(OCC(=O)O)c(Cl)c1)c1cccc([N+](=O)[O-])c1. The van der Waals surface area contributed by atoms with Crippen LogP contribution < -0.4 is 4.74 Å². The summed E-state index contributed by atoms with van der Waals surface area (Å²) in [6, 6.07) is 10.5. The average molecular weight is 393 g/mol. The van der Waals surface area contributed by atoms with Crippen LogP contribution in [-0.4, -0.2) is 22.6 Å². The van der Waals surface area contributed by atoms with Crippen LogP contribution in [0.4, 0.5) is 5.69 Å². The van der Waals surface area contributed by atoms with Crippen LogP contribution in [-0.2, 0) is 4.79 Å². The van der Waals surface area contributed by atoms with Gasteiger partial charge in [-0.15, -0.1) is 0 Å². The molecule has 0 unspecified atom stereocenters. The van der Waals surface area contributed by atoms with Gasteiger partial charge in [0.2, 0.25) is 0 Å². The molecular formula is C17H10Cl2N2O5. The van der Waals surface area contributed by atoms with Gasteiger partial charge in [0, 0.05) is 12.1 Å². The first-order chi connectivity index (χ1) is 12.3. The first kappa shape index (κ1) is 19.2. The molecule has 0 aliphatic rings. The first-order valence-corrected chi connectivity index (χ1v) is 7.77. The number of hydrogen-bond donors (Lipinski definition) is 1. The molecule has 0 aliphatic carbocycles. The van der Waals surface area contributed by atoms with Crippen LogP contribution >= 0.6 is 23.2 Å². The second-order valence-electron chi connectivity index (χ2n) is 4.97. The summed E-state index contributed by atoms with van der Waals surface area (Å²) in [7, 11) is 0. The van der Waals surface area contributed by atoms with Crippen molar-refractivity contribution < 1.29 is 19.6 Å². The van der Waals surface area contributed by atoms with Crippen molar-refractivity contribution in [2.45, 2.75) is 0 Å². The maximum Gasteiger partial charge on any atom is 0.341 e. The van der Waals surface area contributed by atoms with Gasteiger partial charge in [-0.25, -0.2) is 4.79 Å². The van der Waals surface area contributed by atoms with Gasteiger partial charge >= 0.3 is 5.97 Å². The number of nitro groups is 1. The summed E-state index contributed by atoms with van der Waals surface area (Å²) < 4.78 is 5.02. The van der Waals surface area contributed by atoms with Crippen LogP contribution in [0.15, 0.2) is 36.4 Å². The third kappa shape index (κ3) is 4.72. The molecule has 132 valence electrons. The Morgan fingerprint density at radius 3 is 2.50 bits per heavy atom. The number of aliphatic carboxylic acids is 1. The minimum absolute atomic E-state index is 0.0155. The van der Waals surface area contributed by atoms with Crippen molar-refractivity contribution in [3.63, 3.8) is 0 Å². The largest absolute Gasteiger partial charge is 0.479 e. The van der Waals surface area contributed by atoms with E-state index in [-0.39, 0.29) is 27.1 Å². The molecule has 0 heterocycles. The first-order valence-electron chi connectivity index (χ1n) is 7.02. The Kier molecular flexibility index (Phi) is 6.17. The topological polar surface area (TPSA) is 113 Å². The zero-order chi connectivity index (χ0) is 19.3. The number of hydrogen-bond acceptors (Lipinski definition) is 5. The zero-order valence-corrected chi connectivity index (χ0v) is 14.5. The molecule has 0 aliphatic heterocycles. The van der Waals surface area contributed by atoms with Gasteiger partial charge in [-0.2, -0.15) is 5.26 Å². The minimum Gasteiger partial charge on any atom is -0.479 e. The number of non-ortho nitro benzene ring substituents is 1. The van der Waals surface area contributed by atoms with Crippen LogP contribution in [0.5, 0.6) is 5.75 Å². The van der Waals surface area contributed by atoms with Gasteiger partial charge in [0.1, 0.15) is 0 Å². The summed E-state index contributed by atoms with van der Waals surface area (Å²) in [5.74, 6) is -1.17. The zero-order valence-electron chi connectivity index (χ0n) is 13.0. The molecule has 0 bridgehead atoms. The van der Waals surface area contributed by atoms with Crippen LogP contribution in [0.3, 0.4) is 0 Å². The van der Waals surface area contributed by atoms with E-state index in [4.69, 9.17) is 33.0 Å². The lowest BCUT2D eigenvalue weighted by Gasteiger charge is -2.09. The Labute approximate surface area is 157 Å². The van der Waals surface area contributed by atoms with E-state index in [9.17, 15) is 20.2 Å². The number of ether oxygens (including phenoxy) is 1. The molecule has 2 aromatic carbocycles. The number of nitriles is 1. The van der Waals surface area contributed by atoms with Crippen molar-refractivity contribution in [2.75, 3.05) is 6.61 Å². The van der Waals surface area contributed by atoms with Crippen LogP contribution in [0.1, 0.15) is 11.1 Å². The molecule has 0 saturated carbocycles. The van der Waals surface area contributed by atoms with Crippen LogP contribution in [0.25, 0.3) is 11.6 Å². The molecule has 0 amide bonds. The fourth-order valence-electron chi connectivity index (χ4n) is 2.07. The number of benzene rings is 2. The lowest BCUT2D eigenvalue weighted by molar-refractivity contribution is -0.384. The summed E-state index contributed by atoms with van der Waals surface area (Å²) in [6.45, 7) is -0.605. The predicted molar refractivity (Wildman–Crippen MR) is 96.2 cm³/mol. The normalized spacial score (nSPS) is 10.9. The number of allylic oxidation sites excluding steroid dienone is 1. The molecule has 0 saturated heterocycles. The summed E-state index contributed by atoms with van der Waals surface area (Å²) >= 11 is 12.1. The van der Waals surface area contributed by atoms with Crippen molar-refractivity contribution in [1.29, 1.82) is 5.26 Å². The molecule has 0 spiro atoms. The summed E-state index contributed by atoms with van der Waals surface area (Å²) in [6.07, 6.45) is 1.46. The van der Waals surface area contributed by atoms with Gasteiger partial charge in [-0.05, 0) is 29.3 Å². The Bertz CT molecular complexity index is 927. The molecule has 2 rings (SSSR count). The van der Waals surface area contributed by atoms with E-state index in [0.717, 1.165) is 0 Å². The molecular weight excluding hydrogens is 383 g/mol. The molecule has 0 fully saturated rings. The van der Waals surface area contributed by atoms with E-state index in [0.29, 0.717) is 11.1 Å². The lowest BCUT2D eigenvalue weighted by atomic mass is 10.0. The molecule has 1 N–H and O–H groups in total. The number of nitrogens with zero attached hydrogens (tertiary/aromatic N) is 2. The van der Waals surface area contributed by atoms with Crippen LogP contribution in [0.2, 0.25) is 10.0 Å². The van der Waals surface area contributed by atoms with Gasteiger partial charge in [0.15, 0.2) is 12.4 Å². The quantitative estimate of drug-likeness (QED) is 0.336. The lowest BCUT2D eigenvalue weighted by Crippen LogP contribution is -2.10. The summed E-state index contributed by atoms with van der Waals surface area (Å²) in [5, 5.41) is 29.0. The van der Waals surface area contributed by atoms with E-state index < -0.39 is 17.5 Å². The van der Waals surface area contributed by atoms with Crippen molar-refractivity contribution in [3.05, 3.63) is 67.7 Å². The van der Waals surface area contributed by atoms with Crippen molar-refractivity contribution >= 4 is 46.5 Å². The summed E-state index contributed by atoms with van der Waals surface area (Å²) in [5.41, 5.74) is 0.836. The Hall–Kier alpha value is -3.08. The molecule has 7 nitrogen and oxygen atoms in total. The average Bonchev–Trinajstić information content (AvgIpc) is 2.58. The number of carboxylic acids is 1. The highest BCUT2D eigenvalue weighted by Gasteiger charge is 2.13. The van der Waals surface area contributed by atoms with Gasteiger partial charge in [-0.1, -0.05) is 35.3 Å². The fourth-order valence-corrected chi connectivity index (χ4v) is 2.68. The smallest absolute Gasteiger partial charge is 0.341 e. The molecule has 9 heteroatoms. The van der Waals surface area contributed by atoms with E-state index >= 15 is 0 Å². The molecule has 2 aromatic rings. The Morgan fingerprint density at radius 1 is 1.31 bits per heavy atom. The predicted octanol–water partition coefficient (Wildman–Crippen LogP) is 4.43. The third-order valence-electron chi connectivity index (χ3n) is 3.16. The number of carboxylic acid groups (broad SMARTS) is 1. The Morgan fingerprint density at radius 2 is 1.96 bits per heavy atom. The van der Waals surface area contributed by atoms with Gasteiger partial charge in [0.05, 0.1) is 26.6 Å². The molecule has 0 radical (unpaired) electrons. The maximum atomic E-state index is 10.9. The van der Waals surface area contributed by atoms with E-state index in [1.165, 1.54) is 36.4 Å². The summed E-state index contributed by atoms with van der Waals surface area (Å²) in [4.78, 5) is 20.9. The highest BCUT2D eigenvalue weighted by molar-refractivity contribution is 6.37. The van der Waals surface area contributed by atoms with Crippen molar-refractivity contribution in [2.24, 2.45) is 0 Å². The fraction of sp³-hybridized carbons (Fsp3) is 0.0588. The standard InChI is InChI=1S/C17H10Cl2N2O5/c18-14-5-10(6-15(19)17(14)26-9-16(22)23)4-12(8-20)11-2-1-3-13(7-11)21(24)25/h1-7H,9H2,(H,22,23). The van der Waals surface area contributed by atoms with Gasteiger partial charge in [-0.3, -0.25) is 10.1 Å². The Balaban J connectivity index is 2.41. The van der Waals surface area contributed by atoms with Crippen LogP contribution in [0, 0.1) is 21.4 Å². The number of rotatable bonds is 6. The molecule has 0 aromatic heterocycles. The van der Waals surface area contributed by atoms with Crippen molar-refractivity contribution in [1.82, 2.24) is 0 Å². The monoisotopic (exact) mass is 392 g/mol. The van der Waals surface area contributed by atoms with E-state index in [1.807, 2.05) is 6.07 Å². The second kappa shape index (κ2) is 8.34. The highest BCUT2D eigenvalue weighted by Crippen LogP contribution is 2.35. The minimum atomic E-state index is -1.18. The third-order valence-corrected chi connectivity index (χ3v) is 3.72. The van der Waals surface area contributed by atoms with Gasteiger partial charge in [0.25, 0.3) is 5.69 Å². The molecule has 26 heavy (non-hydrogen) atoms. The van der Waals surface area contributed by atoms with Crippen molar-refractivity contribution in [3.8, 4) is 11.8 Å². The van der Waals surface area contributed by atoms with E-state index in [2.05, 4.69) is 0 Å². The number of nitro benzene ring substituents is 1. The van der Waals surface area contributed by atoms with Gasteiger partial charge < -0.3 is 9.84 Å². The number of carbonyl (C=O) groups is 1. The second-order valence-corrected chi connectivity index (χ2v) is 5.79. The number of halogens is 2. The molecule has 0 atom stereocenters.